The number of allylic oxidation sites excluding steroid dienone is 1. The number of anilines is 1. The average Bonchev–Trinajstić information content (AvgIpc) is 2.97. The van der Waals surface area contributed by atoms with Gasteiger partial charge in [0.15, 0.2) is 0 Å². The van der Waals surface area contributed by atoms with Crippen molar-refractivity contribution in [3.63, 3.8) is 0 Å². The van der Waals surface area contributed by atoms with E-state index in [1.54, 1.807) is 18.0 Å². The van der Waals surface area contributed by atoms with Crippen LogP contribution in [-0.2, 0) is 6.18 Å². The molecule has 0 bridgehead atoms. The number of nitrogens with zero attached hydrogens (tertiary/aromatic N) is 3. The van der Waals surface area contributed by atoms with Gasteiger partial charge in [0, 0.05) is 12.7 Å². The van der Waals surface area contributed by atoms with Crippen LogP contribution in [0.3, 0.4) is 0 Å². The average molecular weight is 397 g/mol. The molecule has 2 aromatic rings. The lowest BCUT2D eigenvalue weighted by atomic mass is 9.87. The molecular formula is C22H18F3N3O. The third kappa shape index (κ3) is 3.25. The Morgan fingerprint density at radius 2 is 1.86 bits per heavy atom. The Morgan fingerprint density at radius 1 is 1.14 bits per heavy atom. The third-order valence-corrected chi connectivity index (χ3v) is 5.61. The predicted octanol–water partition coefficient (Wildman–Crippen LogP) is 5.06. The third-order valence-electron chi connectivity index (χ3n) is 5.61. The molecule has 0 radical (unpaired) electrons. The van der Waals surface area contributed by atoms with Gasteiger partial charge in [-0.2, -0.15) is 18.4 Å². The van der Waals surface area contributed by atoms with Crippen molar-refractivity contribution in [1.82, 2.24) is 4.90 Å². The van der Waals surface area contributed by atoms with Crippen LogP contribution >= 0.6 is 0 Å². The van der Waals surface area contributed by atoms with Crippen molar-refractivity contribution in [3.05, 3.63) is 71.3 Å². The summed E-state index contributed by atoms with van der Waals surface area (Å²) in [4.78, 5) is 15.9. The molecule has 1 aliphatic heterocycles. The van der Waals surface area contributed by atoms with E-state index in [4.69, 9.17) is 5.26 Å². The minimum Gasteiger partial charge on any atom is -0.319 e. The van der Waals surface area contributed by atoms with E-state index in [0.29, 0.717) is 6.42 Å². The second-order valence-electron chi connectivity index (χ2n) is 7.26. The highest BCUT2D eigenvalue weighted by atomic mass is 19.4. The van der Waals surface area contributed by atoms with E-state index in [-0.39, 0.29) is 23.8 Å². The van der Waals surface area contributed by atoms with Crippen LogP contribution in [0.5, 0.6) is 0 Å². The van der Waals surface area contributed by atoms with E-state index in [0.717, 1.165) is 29.7 Å². The number of halogens is 3. The molecule has 0 spiro atoms. The first-order chi connectivity index (χ1) is 13.8. The lowest BCUT2D eigenvalue weighted by Gasteiger charge is -2.30. The molecule has 4 rings (SSSR count). The van der Waals surface area contributed by atoms with Gasteiger partial charge in [-0.05, 0) is 42.2 Å². The second kappa shape index (κ2) is 6.96. The van der Waals surface area contributed by atoms with Gasteiger partial charge < -0.3 is 4.90 Å². The normalized spacial score (nSPS) is 21.6. The molecule has 148 valence electrons. The number of hydrogen-bond donors (Lipinski definition) is 0. The number of fused-ring (bicyclic) bond motifs is 1. The summed E-state index contributed by atoms with van der Waals surface area (Å²) in [6.45, 7) is 0. The summed E-state index contributed by atoms with van der Waals surface area (Å²) in [5, 5.41) is 9.01. The molecule has 2 aromatic carbocycles. The molecule has 2 unspecified atom stereocenters. The zero-order chi connectivity index (χ0) is 20.8. The highest BCUT2D eigenvalue weighted by Gasteiger charge is 2.46. The van der Waals surface area contributed by atoms with Gasteiger partial charge in [-0.15, -0.1) is 0 Å². The fraction of sp³-hybridized carbons (Fsp3) is 0.273. The first-order valence-electron chi connectivity index (χ1n) is 9.24. The number of likely N-dealkylation sites (N-methyl/N-ethyl adjacent to an activating group) is 1. The molecule has 0 aromatic heterocycles. The van der Waals surface area contributed by atoms with Gasteiger partial charge in [0.1, 0.15) is 0 Å². The molecule has 1 aliphatic carbocycles. The molecule has 2 aliphatic rings. The first kappa shape index (κ1) is 19.1. The van der Waals surface area contributed by atoms with E-state index >= 15 is 0 Å². The number of urea groups is 1. The monoisotopic (exact) mass is 397 g/mol. The lowest BCUT2D eigenvalue weighted by Crippen LogP contribution is -2.38. The van der Waals surface area contributed by atoms with Crippen molar-refractivity contribution in [2.75, 3.05) is 11.9 Å². The van der Waals surface area contributed by atoms with Crippen molar-refractivity contribution in [1.29, 1.82) is 5.26 Å². The Morgan fingerprint density at radius 3 is 2.52 bits per heavy atom. The second-order valence-corrected chi connectivity index (χ2v) is 7.26. The fourth-order valence-electron chi connectivity index (χ4n) is 4.17. The summed E-state index contributed by atoms with van der Waals surface area (Å²) < 4.78 is 40.1. The molecular weight excluding hydrogens is 379 g/mol. The van der Waals surface area contributed by atoms with Gasteiger partial charge in [0.25, 0.3) is 0 Å². The minimum absolute atomic E-state index is 0.164. The van der Waals surface area contributed by atoms with Gasteiger partial charge in [-0.25, -0.2) is 4.79 Å². The summed E-state index contributed by atoms with van der Waals surface area (Å²) in [5.74, 6) is 0. The highest BCUT2D eigenvalue weighted by molar-refractivity contribution is 5.96. The van der Waals surface area contributed by atoms with Crippen molar-refractivity contribution in [2.24, 2.45) is 0 Å². The quantitative estimate of drug-likeness (QED) is 0.711. The Labute approximate surface area is 166 Å². The Bertz CT molecular complexity index is 1020. The van der Waals surface area contributed by atoms with E-state index in [1.165, 1.54) is 11.0 Å². The Balaban J connectivity index is 1.72. The maximum Gasteiger partial charge on any atom is 0.417 e. The van der Waals surface area contributed by atoms with E-state index in [9.17, 15) is 18.0 Å². The Hall–Kier alpha value is -3.27. The summed E-state index contributed by atoms with van der Waals surface area (Å²) in [5.41, 5.74) is 0.907. The first-order valence-corrected chi connectivity index (χ1v) is 9.24. The van der Waals surface area contributed by atoms with Crippen LogP contribution in [0.15, 0.2) is 54.6 Å². The van der Waals surface area contributed by atoms with Crippen LogP contribution in [0.2, 0.25) is 0 Å². The van der Waals surface area contributed by atoms with Crippen LogP contribution in [0.1, 0.15) is 29.5 Å². The summed E-state index contributed by atoms with van der Waals surface area (Å²) in [7, 11) is 1.67. The summed E-state index contributed by atoms with van der Waals surface area (Å²) in [6, 6.07) is 14.1. The zero-order valence-corrected chi connectivity index (χ0v) is 15.6. The van der Waals surface area contributed by atoms with Crippen molar-refractivity contribution in [2.45, 2.75) is 31.1 Å². The topological polar surface area (TPSA) is 47.3 Å². The predicted molar refractivity (Wildman–Crippen MR) is 103 cm³/mol. The van der Waals surface area contributed by atoms with Gasteiger partial charge >= 0.3 is 12.2 Å². The number of nitriles is 1. The van der Waals surface area contributed by atoms with Crippen LogP contribution < -0.4 is 4.90 Å². The van der Waals surface area contributed by atoms with Crippen LogP contribution in [0.25, 0.3) is 5.57 Å². The number of rotatable bonds is 2. The number of carbonyl (C=O) groups is 1. The fourth-order valence-corrected chi connectivity index (χ4v) is 4.17. The number of benzene rings is 2. The van der Waals surface area contributed by atoms with Crippen molar-refractivity contribution >= 4 is 17.3 Å². The largest absolute Gasteiger partial charge is 0.417 e. The Kier molecular flexibility index (Phi) is 4.58. The molecule has 4 nitrogen and oxygen atoms in total. The summed E-state index contributed by atoms with van der Waals surface area (Å²) >= 11 is 0. The number of alkyl halides is 3. The van der Waals surface area contributed by atoms with Gasteiger partial charge in [-0.3, -0.25) is 4.90 Å². The van der Waals surface area contributed by atoms with E-state index in [2.05, 4.69) is 0 Å². The lowest BCUT2D eigenvalue weighted by molar-refractivity contribution is -0.137. The van der Waals surface area contributed by atoms with Crippen LogP contribution in [0, 0.1) is 11.3 Å². The summed E-state index contributed by atoms with van der Waals surface area (Å²) in [6.07, 6.45) is -1.26. The maximum atomic E-state index is 13.4. The smallest absolute Gasteiger partial charge is 0.319 e. The van der Waals surface area contributed by atoms with Crippen LogP contribution in [0.4, 0.5) is 23.7 Å². The van der Waals surface area contributed by atoms with Gasteiger partial charge in [-0.1, -0.05) is 36.4 Å². The number of carbonyl (C=O) groups excluding carboxylic acids is 1. The molecule has 1 heterocycles. The SMILES string of the molecule is CN1C(=O)N(c2ccc(C#N)c(C(F)(F)F)c2)C2CCC(c3ccccc3)=CC21. The standard InChI is InChI=1S/C22H18F3N3O/c1-27-20-11-15(14-5-3-2-4-6-14)8-10-19(20)28(21(27)29)17-9-7-16(13-26)18(12-17)22(23,24)25/h2-7,9,11-12,19-20H,8,10H2,1H3. The van der Waals surface area contributed by atoms with Gasteiger partial charge in [0.2, 0.25) is 0 Å². The van der Waals surface area contributed by atoms with Crippen molar-refractivity contribution in [3.8, 4) is 6.07 Å². The molecule has 7 heteroatoms. The molecule has 0 saturated carbocycles. The van der Waals surface area contributed by atoms with Crippen LogP contribution in [-0.4, -0.2) is 30.1 Å². The van der Waals surface area contributed by atoms with Crippen molar-refractivity contribution < 1.29 is 18.0 Å². The maximum absolute atomic E-state index is 13.4. The minimum atomic E-state index is -4.66. The number of amides is 2. The molecule has 1 fully saturated rings. The zero-order valence-electron chi connectivity index (χ0n) is 15.6. The molecule has 1 saturated heterocycles. The number of hydrogen-bond acceptors (Lipinski definition) is 2. The molecule has 29 heavy (non-hydrogen) atoms. The molecule has 2 atom stereocenters. The van der Waals surface area contributed by atoms with E-state index in [1.807, 2.05) is 36.4 Å². The molecule has 2 amide bonds. The highest BCUT2D eigenvalue weighted by Crippen LogP contribution is 2.40. The van der Waals surface area contributed by atoms with Gasteiger partial charge in [0.05, 0.1) is 29.3 Å². The van der Waals surface area contributed by atoms with E-state index < -0.39 is 17.3 Å². The molecule has 0 N–H and O–H groups in total.